The van der Waals surface area contributed by atoms with Crippen LogP contribution in [0.3, 0.4) is 0 Å². The first-order valence-corrected chi connectivity index (χ1v) is 15.1. The quantitative estimate of drug-likeness (QED) is 0.307. The van der Waals surface area contributed by atoms with E-state index in [1.165, 1.54) is 28.8 Å². The average Bonchev–Trinajstić information content (AvgIpc) is 2.87. The normalized spacial score (nSPS) is 15.4. The van der Waals surface area contributed by atoms with Crippen LogP contribution in [-0.2, 0) is 41.1 Å². The van der Waals surface area contributed by atoms with Crippen LogP contribution in [0.4, 0.5) is 4.39 Å². The summed E-state index contributed by atoms with van der Waals surface area (Å²) in [6.45, 7) is 10.8. The summed E-state index contributed by atoms with van der Waals surface area (Å²) in [5.41, 5.74) is 6.23. The molecule has 0 N–H and O–H groups in total. The number of fused-ring (bicyclic) bond motifs is 1. The molecule has 0 fully saturated rings. The topological polar surface area (TPSA) is 37.4 Å². The van der Waals surface area contributed by atoms with E-state index < -0.39 is 9.84 Å². The van der Waals surface area contributed by atoms with Crippen molar-refractivity contribution in [3.63, 3.8) is 0 Å². The maximum absolute atomic E-state index is 13.1. The molecule has 1 heterocycles. The van der Waals surface area contributed by atoms with Crippen LogP contribution in [0.5, 0.6) is 0 Å². The highest BCUT2D eigenvalue weighted by Crippen LogP contribution is 2.27. The van der Waals surface area contributed by atoms with Gasteiger partial charge in [-0.3, -0.25) is 4.90 Å². The van der Waals surface area contributed by atoms with Crippen molar-refractivity contribution < 1.29 is 12.8 Å². The van der Waals surface area contributed by atoms with Gasteiger partial charge in [0, 0.05) is 19.1 Å². The second kappa shape index (κ2) is 11.5. The molecule has 5 heteroatoms. The molecule has 3 aromatic rings. The molecule has 0 aliphatic carbocycles. The van der Waals surface area contributed by atoms with Crippen molar-refractivity contribution in [1.29, 1.82) is 0 Å². The molecule has 0 saturated carbocycles. The Bertz CT molecular complexity index is 1290. The van der Waals surface area contributed by atoms with Gasteiger partial charge >= 0.3 is 0 Å². The molecule has 37 heavy (non-hydrogen) atoms. The van der Waals surface area contributed by atoms with E-state index in [1.807, 2.05) is 12.1 Å². The minimum atomic E-state index is -3.35. The van der Waals surface area contributed by atoms with Crippen LogP contribution >= 0.6 is 0 Å². The highest BCUT2D eigenvalue weighted by Gasteiger charge is 2.25. The fourth-order valence-corrected chi connectivity index (χ4v) is 6.59. The number of hydrogen-bond donors (Lipinski definition) is 0. The standard InChI is InChI=1S/C32H40FNO2S/c1-5-30(21-25-8-13-28(14-9-25)32(2,3)4)34-19-18-26-22-31(17-12-27(26)23-34)37(35,36)20-6-7-24-10-15-29(33)16-11-24/h8-17,22,30H,5-7,18-21,23H2,1-4H3. The minimum absolute atomic E-state index is 0.0984. The second-order valence-electron chi connectivity index (χ2n) is 11.4. The minimum Gasteiger partial charge on any atom is -0.295 e. The van der Waals surface area contributed by atoms with Crippen LogP contribution in [0.25, 0.3) is 0 Å². The summed E-state index contributed by atoms with van der Waals surface area (Å²) in [6, 6.07) is 21.5. The fourth-order valence-electron chi connectivity index (χ4n) is 5.24. The van der Waals surface area contributed by atoms with Gasteiger partial charge in [-0.25, -0.2) is 12.8 Å². The number of nitrogens with zero attached hydrogens (tertiary/aromatic N) is 1. The lowest BCUT2D eigenvalue weighted by Crippen LogP contribution is -2.40. The predicted octanol–water partition coefficient (Wildman–Crippen LogP) is 6.91. The first-order valence-electron chi connectivity index (χ1n) is 13.5. The number of halogens is 1. The Hall–Kier alpha value is -2.50. The Balaban J connectivity index is 1.37. The molecule has 3 nitrogen and oxygen atoms in total. The van der Waals surface area contributed by atoms with Gasteiger partial charge in [0.25, 0.3) is 0 Å². The van der Waals surface area contributed by atoms with Crippen LogP contribution in [0.1, 0.15) is 68.4 Å². The largest absolute Gasteiger partial charge is 0.295 e. The van der Waals surface area contributed by atoms with E-state index in [0.717, 1.165) is 43.5 Å². The van der Waals surface area contributed by atoms with Gasteiger partial charge in [0.05, 0.1) is 10.6 Å². The Kier molecular flexibility index (Phi) is 8.55. The zero-order valence-electron chi connectivity index (χ0n) is 22.6. The van der Waals surface area contributed by atoms with E-state index in [-0.39, 0.29) is 17.0 Å². The van der Waals surface area contributed by atoms with Crippen molar-refractivity contribution in [2.24, 2.45) is 0 Å². The Morgan fingerprint density at radius 1 is 0.919 bits per heavy atom. The van der Waals surface area contributed by atoms with E-state index in [2.05, 4.69) is 56.9 Å². The summed E-state index contributed by atoms with van der Waals surface area (Å²) >= 11 is 0. The third kappa shape index (κ3) is 7.08. The van der Waals surface area contributed by atoms with Crippen LogP contribution in [-0.4, -0.2) is 31.7 Å². The molecule has 0 radical (unpaired) electrons. The van der Waals surface area contributed by atoms with Gasteiger partial charge in [-0.15, -0.1) is 0 Å². The summed E-state index contributed by atoms with van der Waals surface area (Å²) in [5.74, 6) is -0.176. The molecule has 0 bridgehead atoms. The summed E-state index contributed by atoms with van der Waals surface area (Å²) in [6.07, 6.45) is 4.12. The third-order valence-electron chi connectivity index (χ3n) is 7.65. The van der Waals surface area contributed by atoms with Crippen molar-refractivity contribution in [3.05, 3.63) is 100 Å². The van der Waals surface area contributed by atoms with Gasteiger partial charge < -0.3 is 0 Å². The summed E-state index contributed by atoms with van der Waals surface area (Å²) in [7, 11) is -3.35. The van der Waals surface area contributed by atoms with Gasteiger partial charge in [0.2, 0.25) is 0 Å². The first kappa shape index (κ1) is 27.5. The number of aryl methyl sites for hydroxylation is 1. The Morgan fingerprint density at radius 2 is 1.59 bits per heavy atom. The van der Waals surface area contributed by atoms with Crippen LogP contribution in [0, 0.1) is 5.82 Å². The zero-order chi connectivity index (χ0) is 26.6. The molecule has 198 valence electrons. The molecule has 1 unspecified atom stereocenters. The average molecular weight is 522 g/mol. The van der Waals surface area contributed by atoms with Crippen molar-refractivity contribution >= 4 is 9.84 Å². The van der Waals surface area contributed by atoms with E-state index in [9.17, 15) is 12.8 Å². The molecule has 4 rings (SSSR count). The van der Waals surface area contributed by atoms with E-state index >= 15 is 0 Å². The zero-order valence-corrected chi connectivity index (χ0v) is 23.5. The van der Waals surface area contributed by atoms with Crippen LogP contribution in [0.2, 0.25) is 0 Å². The smallest absolute Gasteiger partial charge is 0.178 e. The molecule has 0 saturated heterocycles. The van der Waals surface area contributed by atoms with Gasteiger partial charge in [0.1, 0.15) is 5.82 Å². The lowest BCUT2D eigenvalue weighted by atomic mass is 9.86. The number of rotatable bonds is 9. The SMILES string of the molecule is CCC(Cc1ccc(C(C)(C)C)cc1)N1CCc2cc(S(=O)(=O)CCCc3ccc(F)cc3)ccc2C1. The van der Waals surface area contributed by atoms with Gasteiger partial charge in [-0.1, -0.05) is 70.2 Å². The summed E-state index contributed by atoms with van der Waals surface area (Å²) in [4.78, 5) is 2.97. The molecular weight excluding hydrogens is 481 g/mol. The molecule has 3 aromatic carbocycles. The molecule has 0 amide bonds. The lowest BCUT2D eigenvalue weighted by molar-refractivity contribution is 0.172. The lowest BCUT2D eigenvalue weighted by Gasteiger charge is -2.35. The van der Waals surface area contributed by atoms with Gasteiger partial charge in [-0.2, -0.15) is 0 Å². The molecule has 0 aromatic heterocycles. The predicted molar refractivity (Wildman–Crippen MR) is 150 cm³/mol. The first-order chi connectivity index (χ1) is 17.5. The molecule has 1 aliphatic rings. The van der Waals surface area contributed by atoms with Crippen LogP contribution < -0.4 is 0 Å². The van der Waals surface area contributed by atoms with Crippen molar-refractivity contribution in [2.75, 3.05) is 12.3 Å². The molecular formula is C32H40FNO2S. The number of sulfone groups is 1. The van der Waals surface area contributed by atoms with E-state index in [4.69, 9.17) is 0 Å². The van der Waals surface area contributed by atoms with Gasteiger partial charge in [0.15, 0.2) is 9.84 Å². The fraction of sp³-hybridized carbons (Fsp3) is 0.438. The van der Waals surface area contributed by atoms with Crippen molar-refractivity contribution in [1.82, 2.24) is 4.90 Å². The summed E-state index contributed by atoms with van der Waals surface area (Å²) < 4.78 is 39.1. The number of hydrogen-bond acceptors (Lipinski definition) is 3. The monoisotopic (exact) mass is 521 g/mol. The molecule has 0 spiro atoms. The van der Waals surface area contributed by atoms with E-state index in [0.29, 0.717) is 23.8 Å². The van der Waals surface area contributed by atoms with Crippen molar-refractivity contribution in [2.45, 2.75) is 82.7 Å². The van der Waals surface area contributed by atoms with Gasteiger partial charge in [-0.05, 0) is 89.6 Å². The van der Waals surface area contributed by atoms with Crippen molar-refractivity contribution in [3.8, 4) is 0 Å². The summed E-state index contributed by atoms with van der Waals surface area (Å²) in [5, 5.41) is 0. The molecule has 1 aliphatic heterocycles. The van der Waals surface area contributed by atoms with E-state index in [1.54, 1.807) is 18.2 Å². The Morgan fingerprint density at radius 3 is 2.24 bits per heavy atom. The highest BCUT2D eigenvalue weighted by atomic mass is 32.2. The maximum atomic E-state index is 13.1. The Labute approximate surface area is 222 Å². The second-order valence-corrected chi connectivity index (χ2v) is 13.5. The number of benzene rings is 3. The maximum Gasteiger partial charge on any atom is 0.178 e. The molecule has 1 atom stereocenters. The third-order valence-corrected chi connectivity index (χ3v) is 9.45. The van der Waals surface area contributed by atoms with Crippen LogP contribution in [0.15, 0.2) is 71.6 Å². The highest BCUT2D eigenvalue weighted by molar-refractivity contribution is 7.91.